The van der Waals surface area contributed by atoms with Gasteiger partial charge in [0.15, 0.2) is 0 Å². The predicted molar refractivity (Wildman–Crippen MR) is 103 cm³/mol. The number of para-hydroxylation sites is 1. The number of fused-ring (bicyclic) bond motifs is 2. The van der Waals surface area contributed by atoms with Crippen molar-refractivity contribution in [3.8, 4) is 5.75 Å². The van der Waals surface area contributed by atoms with Crippen LogP contribution in [0.3, 0.4) is 0 Å². The Hall–Kier alpha value is -2.70. The van der Waals surface area contributed by atoms with Crippen molar-refractivity contribution in [3.63, 3.8) is 0 Å². The maximum absolute atomic E-state index is 12.8. The summed E-state index contributed by atoms with van der Waals surface area (Å²) in [6.07, 6.45) is 5.80. The van der Waals surface area contributed by atoms with E-state index in [1.54, 1.807) is 25.4 Å². The molecule has 0 radical (unpaired) electrons. The number of rotatable bonds is 5. The number of hydrogen-bond donors (Lipinski definition) is 0. The SMILES string of the molecule is COCc1cc2nc(C34COC(C)(C3)C4)cn2cc1C(=O)Oc1ccccc1. The van der Waals surface area contributed by atoms with Gasteiger partial charge in [-0.05, 0) is 43.5 Å². The standard InChI is InChI=1S/C22H22N2O4/c1-21-12-22(13-21,14-27-21)18-10-24-9-17(15(11-26-2)8-19(24)23-18)20(25)28-16-6-4-3-5-7-16/h3-10H,11-14H2,1-2H3. The molecule has 28 heavy (non-hydrogen) atoms. The molecule has 2 bridgehead atoms. The number of methoxy groups -OCH3 is 1. The third-order valence-electron chi connectivity index (χ3n) is 5.82. The molecule has 0 spiro atoms. The highest BCUT2D eigenvalue weighted by atomic mass is 16.5. The lowest BCUT2D eigenvalue weighted by Gasteiger charge is -2.41. The maximum atomic E-state index is 12.8. The van der Waals surface area contributed by atoms with Crippen molar-refractivity contribution in [2.75, 3.05) is 13.7 Å². The molecule has 2 saturated heterocycles. The van der Waals surface area contributed by atoms with Gasteiger partial charge >= 0.3 is 5.97 Å². The molecule has 144 valence electrons. The lowest BCUT2D eigenvalue weighted by atomic mass is 9.62. The van der Waals surface area contributed by atoms with Gasteiger partial charge < -0.3 is 18.6 Å². The van der Waals surface area contributed by atoms with Gasteiger partial charge in [-0.2, -0.15) is 0 Å². The van der Waals surface area contributed by atoms with Crippen LogP contribution in [0, 0.1) is 0 Å². The van der Waals surface area contributed by atoms with Crippen LogP contribution >= 0.6 is 0 Å². The average molecular weight is 378 g/mol. The number of nitrogens with zero attached hydrogens (tertiary/aromatic N) is 2. The van der Waals surface area contributed by atoms with Gasteiger partial charge in [0, 0.05) is 24.9 Å². The second kappa shape index (κ2) is 6.15. The number of carbonyl (C=O) groups is 1. The molecule has 6 heteroatoms. The van der Waals surface area contributed by atoms with E-state index in [1.165, 1.54) is 0 Å². The molecule has 0 N–H and O–H groups in total. The molecular weight excluding hydrogens is 356 g/mol. The molecule has 0 unspecified atom stereocenters. The van der Waals surface area contributed by atoms with Gasteiger partial charge in [0.05, 0.1) is 30.1 Å². The van der Waals surface area contributed by atoms with Gasteiger partial charge in [-0.25, -0.2) is 9.78 Å². The summed E-state index contributed by atoms with van der Waals surface area (Å²) >= 11 is 0. The van der Waals surface area contributed by atoms with Crippen LogP contribution in [0.1, 0.15) is 41.4 Å². The van der Waals surface area contributed by atoms with Gasteiger partial charge in [-0.3, -0.25) is 0 Å². The minimum atomic E-state index is -0.408. The zero-order valence-electron chi connectivity index (χ0n) is 16.0. The molecule has 3 aliphatic rings. The van der Waals surface area contributed by atoms with E-state index < -0.39 is 5.97 Å². The van der Waals surface area contributed by atoms with Gasteiger partial charge in [0.25, 0.3) is 0 Å². The van der Waals surface area contributed by atoms with E-state index in [9.17, 15) is 4.79 Å². The number of aromatic nitrogens is 2. The second-order valence-corrected chi connectivity index (χ2v) is 8.11. The highest BCUT2D eigenvalue weighted by Crippen LogP contribution is 2.58. The predicted octanol–water partition coefficient (Wildman–Crippen LogP) is 3.52. The quantitative estimate of drug-likeness (QED) is 0.502. The molecule has 2 aliphatic heterocycles. The number of pyridine rings is 1. The van der Waals surface area contributed by atoms with Gasteiger partial charge in [0.1, 0.15) is 11.4 Å². The van der Waals surface area contributed by atoms with Crippen molar-refractivity contribution in [1.29, 1.82) is 0 Å². The Balaban J connectivity index is 1.51. The lowest BCUT2D eigenvalue weighted by Crippen LogP contribution is -2.45. The van der Waals surface area contributed by atoms with E-state index in [1.807, 2.05) is 34.9 Å². The van der Waals surface area contributed by atoms with Gasteiger partial charge in [0.2, 0.25) is 0 Å². The summed E-state index contributed by atoms with van der Waals surface area (Å²) in [5.41, 5.74) is 3.06. The molecule has 2 aromatic heterocycles. The number of benzene rings is 1. The van der Waals surface area contributed by atoms with E-state index in [0.717, 1.165) is 29.7 Å². The third-order valence-corrected chi connectivity index (χ3v) is 5.82. The first-order chi connectivity index (χ1) is 13.5. The zero-order valence-corrected chi connectivity index (χ0v) is 16.0. The summed E-state index contributed by atoms with van der Waals surface area (Å²) in [7, 11) is 1.61. The van der Waals surface area contributed by atoms with Crippen molar-refractivity contribution in [2.24, 2.45) is 0 Å². The highest BCUT2D eigenvalue weighted by Gasteiger charge is 2.61. The highest BCUT2D eigenvalue weighted by molar-refractivity contribution is 5.92. The molecule has 1 saturated carbocycles. The smallest absolute Gasteiger partial charge is 0.345 e. The first-order valence-corrected chi connectivity index (χ1v) is 9.43. The van der Waals surface area contributed by atoms with Crippen molar-refractivity contribution in [2.45, 2.75) is 37.4 Å². The van der Waals surface area contributed by atoms with Gasteiger partial charge in [-0.1, -0.05) is 18.2 Å². The summed E-state index contributed by atoms with van der Waals surface area (Å²) < 4.78 is 18.7. The van der Waals surface area contributed by atoms with Crippen LogP contribution in [-0.4, -0.2) is 34.7 Å². The normalized spacial score (nSPS) is 25.6. The number of ether oxygens (including phenoxy) is 3. The minimum Gasteiger partial charge on any atom is -0.423 e. The van der Waals surface area contributed by atoms with Crippen molar-refractivity contribution < 1.29 is 19.0 Å². The van der Waals surface area contributed by atoms with Crippen LogP contribution in [0.15, 0.2) is 48.8 Å². The minimum absolute atomic E-state index is 0.00165. The Kier molecular flexibility index (Phi) is 3.82. The third kappa shape index (κ3) is 2.72. The molecule has 0 atom stereocenters. The summed E-state index contributed by atoms with van der Waals surface area (Å²) in [6.45, 7) is 3.17. The van der Waals surface area contributed by atoms with Gasteiger partial charge in [-0.15, -0.1) is 0 Å². The van der Waals surface area contributed by atoms with E-state index in [2.05, 4.69) is 6.92 Å². The Bertz CT molecular complexity index is 1050. The fourth-order valence-electron chi connectivity index (χ4n) is 4.59. The monoisotopic (exact) mass is 378 g/mol. The molecule has 4 heterocycles. The van der Waals surface area contributed by atoms with Crippen molar-refractivity contribution in [1.82, 2.24) is 9.38 Å². The van der Waals surface area contributed by atoms with Crippen LogP contribution in [-0.2, 0) is 21.5 Å². The zero-order chi connectivity index (χ0) is 19.4. The number of carbonyl (C=O) groups excluding carboxylic acids is 1. The number of imidazole rings is 1. The van der Waals surface area contributed by atoms with E-state index in [0.29, 0.717) is 24.5 Å². The summed E-state index contributed by atoms with van der Waals surface area (Å²) in [5.74, 6) is 0.104. The first kappa shape index (κ1) is 17.4. The fraction of sp³-hybridized carbons (Fsp3) is 0.364. The molecule has 1 aromatic carbocycles. The molecule has 0 amide bonds. The molecular formula is C22H22N2O4. The molecule has 6 rings (SSSR count). The molecule has 3 aromatic rings. The number of esters is 1. The Labute approximate surface area is 163 Å². The Morgan fingerprint density at radius 3 is 2.71 bits per heavy atom. The van der Waals surface area contributed by atoms with E-state index >= 15 is 0 Å². The van der Waals surface area contributed by atoms with Crippen LogP contribution < -0.4 is 4.74 Å². The topological polar surface area (TPSA) is 62.1 Å². The van der Waals surface area contributed by atoms with Crippen molar-refractivity contribution in [3.05, 3.63) is 65.6 Å². The van der Waals surface area contributed by atoms with Crippen molar-refractivity contribution >= 4 is 11.6 Å². The van der Waals surface area contributed by atoms with Crippen LogP contribution in [0.4, 0.5) is 0 Å². The molecule has 3 fully saturated rings. The molecule has 6 nitrogen and oxygen atoms in total. The maximum Gasteiger partial charge on any atom is 0.345 e. The summed E-state index contributed by atoms with van der Waals surface area (Å²) in [5, 5.41) is 0. The lowest BCUT2D eigenvalue weighted by molar-refractivity contribution is 0.0154. The first-order valence-electron chi connectivity index (χ1n) is 9.43. The van der Waals surface area contributed by atoms with E-state index in [4.69, 9.17) is 19.2 Å². The average Bonchev–Trinajstić information content (AvgIpc) is 3.32. The van der Waals surface area contributed by atoms with E-state index in [-0.39, 0.29) is 11.0 Å². The number of hydrogen-bond acceptors (Lipinski definition) is 5. The fourth-order valence-corrected chi connectivity index (χ4v) is 4.59. The summed E-state index contributed by atoms with van der Waals surface area (Å²) in [4.78, 5) is 17.6. The molecule has 1 aliphatic carbocycles. The Morgan fingerprint density at radius 1 is 1.25 bits per heavy atom. The van der Waals surface area contributed by atoms with Crippen LogP contribution in [0.5, 0.6) is 5.75 Å². The van der Waals surface area contributed by atoms with Crippen LogP contribution in [0.2, 0.25) is 0 Å². The van der Waals surface area contributed by atoms with Crippen LogP contribution in [0.25, 0.3) is 5.65 Å². The summed E-state index contributed by atoms with van der Waals surface area (Å²) in [6, 6.07) is 11.0. The second-order valence-electron chi connectivity index (χ2n) is 8.11. The Morgan fingerprint density at radius 2 is 2.04 bits per heavy atom. The largest absolute Gasteiger partial charge is 0.423 e.